The highest BCUT2D eigenvalue weighted by Crippen LogP contribution is 2.45. The number of aryl methyl sites for hydroxylation is 1. The van der Waals surface area contributed by atoms with Crippen LogP contribution in [-0.2, 0) is 0 Å². The van der Waals surface area contributed by atoms with Crippen LogP contribution in [0.25, 0.3) is 6.08 Å². The lowest BCUT2D eigenvalue weighted by molar-refractivity contribution is 0.407. The zero-order valence-electron chi connectivity index (χ0n) is 13.3. The summed E-state index contributed by atoms with van der Waals surface area (Å²) in [4.78, 5) is 5.65. The van der Waals surface area contributed by atoms with Crippen LogP contribution in [-0.4, -0.2) is 17.0 Å². The normalized spacial score (nSPS) is 20.0. The Morgan fingerprint density at radius 1 is 1.27 bits per heavy atom. The number of nitrogens with one attached hydrogen (secondary N) is 1. The number of aromatic nitrogens is 1. The average molecular weight is 312 g/mol. The van der Waals surface area contributed by atoms with Crippen LogP contribution < -0.4 is 10.1 Å². The minimum atomic E-state index is -0.157. The Morgan fingerprint density at radius 2 is 2.05 bits per heavy atom. The fourth-order valence-electron chi connectivity index (χ4n) is 2.71. The maximum atomic E-state index is 5.47. The molecule has 0 aliphatic carbocycles. The van der Waals surface area contributed by atoms with Crippen molar-refractivity contribution in [2.24, 2.45) is 0 Å². The number of ether oxygens (including phenoxy) is 1. The smallest absolute Gasteiger partial charge is 0.128 e. The molecule has 1 atom stereocenters. The van der Waals surface area contributed by atoms with E-state index in [2.05, 4.69) is 53.6 Å². The van der Waals surface area contributed by atoms with E-state index in [4.69, 9.17) is 4.74 Å². The van der Waals surface area contributed by atoms with Gasteiger partial charge >= 0.3 is 0 Å². The number of methoxy groups -OCH3 is 1. The summed E-state index contributed by atoms with van der Waals surface area (Å²) in [6, 6.07) is 8.38. The summed E-state index contributed by atoms with van der Waals surface area (Å²) in [7, 11) is 1.70. The molecule has 1 N–H and O–H groups in total. The maximum Gasteiger partial charge on any atom is 0.128 e. The van der Waals surface area contributed by atoms with Crippen LogP contribution in [0.5, 0.6) is 5.75 Å². The quantitative estimate of drug-likeness (QED) is 0.894. The molecule has 0 radical (unpaired) electrons. The number of nitrogens with zero attached hydrogens (tertiary/aromatic N) is 1. The fourth-order valence-corrected chi connectivity index (χ4v) is 3.84. The highest BCUT2D eigenvalue weighted by Gasteiger charge is 2.30. The van der Waals surface area contributed by atoms with Crippen molar-refractivity contribution in [1.82, 2.24) is 4.98 Å². The molecule has 0 saturated heterocycles. The number of hydrogen-bond acceptors (Lipinski definition) is 4. The van der Waals surface area contributed by atoms with Crippen molar-refractivity contribution in [3.63, 3.8) is 0 Å². The van der Waals surface area contributed by atoms with E-state index in [0.29, 0.717) is 0 Å². The van der Waals surface area contributed by atoms with E-state index in [1.54, 1.807) is 7.11 Å². The molecule has 3 nitrogen and oxygen atoms in total. The monoisotopic (exact) mass is 312 g/mol. The van der Waals surface area contributed by atoms with Gasteiger partial charge in [0.25, 0.3) is 0 Å². The Bertz CT molecular complexity index is 715. The first-order valence-electron chi connectivity index (χ1n) is 7.28. The molecular formula is C18H20N2OS. The van der Waals surface area contributed by atoms with E-state index in [9.17, 15) is 0 Å². The fraction of sp³-hybridized carbons (Fsp3) is 0.278. The minimum Gasteiger partial charge on any atom is -0.496 e. The lowest BCUT2D eigenvalue weighted by Crippen LogP contribution is -2.23. The molecule has 22 heavy (non-hydrogen) atoms. The van der Waals surface area contributed by atoms with Crippen molar-refractivity contribution in [3.05, 3.63) is 53.4 Å². The Labute approximate surface area is 135 Å². The number of rotatable bonds is 3. The molecule has 0 amide bonds. The molecule has 1 aliphatic heterocycles. The van der Waals surface area contributed by atoms with Crippen molar-refractivity contribution in [1.29, 1.82) is 0 Å². The zero-order valence-corrected chi connectivity index (χ0v) is 14.1. The molecule has 0 fully saturated rings. The van der Waals surface area contributed by atoms with Gasteiger partial charge in [0.05, 0.1) is 12.8 Å². The van der Waals surface area contributed by atoms with Crippen molar-refractivity contribution in [3.8, 4) is 5.75 Å². The molecular weight excluding hydrogens is 292 g/mol. The predicted octanol–water partition coefficient (Wildman–Crippen LogP) is 4.65. The Balaban J connectivity index is 1.87. The number of thioether (sulfide) groups is 1. The number of benzene rings is 1. The molecule has 114 valence electrons. The second-order valence-electron chi connectivity index (χ2n) is 5.65. The van der Waals surface area contributed by atoms with Gasteiger partial charge in [0.15, 0.2) is 0 Å². The van der Waals surface area contributed by atoms with Gasteiger partial charge in [0, 0.05) is 27.9 Å². The third-order valence-electron chi connectivity index (χ3n) is 3.84. The summed E-state index contributed by atoms with van der Waals surface area (Å²) in [6.07, 6.45) is 6.10. The van der Waals surface area contributed by atoms with Crippen LogP contribution >= 0.6 is 11.8 Å². The van der Waals surface area contributed by atoms with Gasteiger partial charge in [-0.25, -0.2) is 0 Å². The molecule has 1 aromatic carbocycles. The lowest BCUT2D eigenvalue weighted by atomic mass is 10.1. The second kappa shape index (κ2) is 5.69. The van der Waals surface area contributed by atoms with Gasteiger partial charge in [-0.2, -0.15) is 0 Å². The van der Waals surface area contributed by atoms with E-state index in [-0.39, 0.29) is 4.87 Å². The van der Waals surface area contributed by atoms with E-state index in [0.717, 1.165) is 22.6 Å². The molecule has 0 bridgehead atoms. The van der Waals surface area contributed by atoms with Gasteiger partial charge in [0.2, 0.25) is 0 Å². The zero-order chi connectivity index (χ0) is 15.7. The summed E-state index contributed by atoms with van der Waals surface area (Å²) in [5.74, 6) is 0.912. The molecule has 0 saturated carbocycles. The largest absolute Gasteiger partial charge is 0.496 e. The van der Waals surface area contributed by atoms with Crippen LogP contribution in [0.3, 0.4) is 0 Å². The van der Waals surface area contributed by atoms with Crippen molar-refractivity contribution in [2.45, 2.75) is 30.5 Å². The number of pyridine rings is 1. The molecule has 0 spiro atoms. The van der Waals surface area contributed by atoms with Gasteiger partial charge in [0.1, 0.15) is 10.6 Å². The maximum absolute atomic E-state index is 5.47. The third-order valence-corrected chi connectivity index (χ3v) is 5.07. The summed E-state index contributed by atoms with van der Waals surface area (Å²) < 4.78 is 5.47. The number of fused-ring (bicyclic) bond motifs is 1. The highest BCUT2D eigenvalue weighted by molar-refractivity contribution is 8.01. The second-order valence-corrected chi connectivity index (χ2v) is 7.14. The molecule has 4 heteroatoms. The molecule has 1 unspecified atom stereocenters. The van der Waals surface area contributed by atoms with Gasteiger partial charge in [-0.1, -0.05) is 23.9 Å². The van der Waals surface area contributed by atoms with Crippen LogP contribution in [0, 0.1) is 13.8 Å². The number of anilines is 1. The van der Waals surface area contributed by atoms with E-state index in [1.165, 1.54) is 10.6 Å². The SMILES string of the molecule is COc1c(C)cnc(C=CC2(C)Nc3ccccc3S2)c1C. The van der Waals surface area contributed by atoms with Crippen molar-refractivity contribution < 1.29 is 4.74 Å². The van der Waals surface area contributed by atoms with Gasteiger partial charge in [-0.3, -0.25) is 4.98 Å². The Morgan fingerprint density at radius 3 is 2.77 bits per heavy atom. The van der Waals surface area contributed by atoms with Crippen LogP contribution in [0.15, 0.2) is 41.4 Å². The lowest BCUT2D eigenvalue weighted by Gasteiger charge is -2.19. The third kappa shape index (κ3) is 2.71. The van der Waals surface area contributed by atoms with Crippen molar-refractivity contribution in [2.75, 3.05) is 12.4 Å². The van der Waals surface area contributed by atoms with Gasteiger partial charge < -0.3 is 10.1 Å². The molecule has 1 aromatic heterocycles. The highest BCUT2D eigenvalue weighted by atomic mass is 32.2. The summed E-state index contributed by atoms with van der Waals surface area (Å²) in [5.41, 5.74) is 4.26. The Hall–Kier alpha value is -1.94. The summed E-state index contributed by atoms with van der Waals surface area (Å²) >= 11 is 1.82. The predicted molar refractivity (Wildman–Crippen MR) is 93.6 cm³/mol. The average Bonchev–Trinajstić information content (AvgIpc) is 2.83. The first-order chi connectivity index (χ1) is 10.5. The standard InChI is InChI=1S/C18H20N2OS/c1-12-11-19-14(13(2)17(12)21-4)9-10-18(3)20-15-7-5-6-8-16(15)22-18/h5-11,20H,1-4H3. The molecule has 2 heterocycles. The van der Waals surface area contributed by atoms with E-state index < -0.39 is 0 Å². The van der Waals surface area contributed by atoms with E-state index in [1.807, 2.05) is 31.8 Å². The molecule has 3 rings (SSSR count). The van der Waals surface area contributed by atoms with Gasteiger partial charge in [-0.05, 0) is 45.1 Å². The number of hydrogen-bond donors (Lipinski definition) is 1. The topological polar surface area (TPSA) is 34.1 Å². The summed E-state index contributed by atoms with van der Waals surface area (Å²) in [5, 5.41) is 3.56. The van der Waals surface area contributed by atoms with Crippen LogP contribution in [0.4, 0.5) is 5.69 Å². The van der Waals surface area contributed by atoms with Crippen LogP contribution in [0.1, 0.15) is 23.7 Å². The van der Waals surface area contributed by atoms with Gasteiger partial charge in [-0.15, -0.1) is 0 Å². The van der Waals surface area contributed by atoms with E-state index >= 15 is 0 Å². The van der Waals surface area contributed by atoms with Crippen molar-refractivity contribution >= 4 is 23.5 Å². The first-order valence-corrected chi connectivity index (χ1v) is 8.10. The number of para-hydroxylation sites is 1. The molecule has 2 aromatic rings. The Kier molecular flexibility index (Phi) is 3.87. The molecule has 1 aliphatic rings. The van der Waals surface area contributed by atoms with Crippen LogP contribution in [0.2, 0.25) is 0 Å². The first kappa shape index (κ1) is 15.0. The summed E-state index contributed by atoms with van der Waals surface area (Å²) in [6.45, 7) is 6.23. The minimum absolute atomic E-state index is 0.157.